The van der Waals surface area contributed by atoms with Gasteiger partial charge in [-0.05, 0) is 87.0 Å². The van der Waals surface area contributed by atoms with Crippen LogP contribution in [0.4, 0.5) is 0 Å². The van der Waals surface area contributed by atoms with E-state index in [1.807, 2.05) is 30.4 Å². The second-order valence-electron chi connectivity index (χ2n) is 11.8. The van der Waals surface area contributed by atoms with Crippen LogP contribution in [-0.4, -0.2) is 52.2 Å². The fraction of sp³-hybridized carbons (Fsp3) is 0.474. The van der Waals surface area contributed by atoms with Crippen LogP contribution in [0.2, 0.25) is 0 Å². The standard InChI is InChI=1S/C38H46O7/c1-3-13-29(14-4-2)27-44-38(43)30-17-12-18-32(25-30)45-37(42)20-11-6-5-10-19-33-34(36(41)26-35(33)40)24-23-31(39)22-21-28-15-8-7-9-16-28/h1-2,5,7-10,12,15-18,25,29,31,33-36,39-41H,6,11,13-14,19-24,26-27H2/b10-5-/t31-,33+,34+,35-,36+/m0/s1. The van der Waals surface area contributed by atoms with E-state index >= 15 is 0 Å². The van der Waals surface area contributed by atoms with Crippen LogP contribution in [0, 0.1) is 42.4 Å². The van der Waals surface area contributed by atoms with Crippen molar-refractivity contribution in [2.24, 2.45) is 17.8 Å². The molecule has 0 amide bonds. The maximum atomic E-state index is 12.4. The lowest BCUT2D eigenvalue weighted by Gasteiger charge is -2.23. The highest BCUT2D eigenvalue weighted by atomic mass is 16.5. The number of aliphatic hydroxyl groups is 3. The molecule has 45 heavy (non-hydrogen) atoms. The number of unbranched alkanes of at least 4 members (excludes halogenated alkanes) is 1. The van der Waals surface area contributed by atoms with Crippen molar-refractivity contribution < 1.29 is 34.4 Å². The van der Waals surface area contributed by atoms with Crippen LogP contribution in [0.5, 0.6) is 5.75 Å². The summed E-state index contributed by atoms with van der Waals surface area (Å²) >= 11 is 0. The number of aryl methyl sites for hydroxylation is 1. The van der Waals surface area contributed by atoms with Crippen LogP contribution in [0.3, 0.4) is 0 Å². The highest BCUT2D eigenvalue weighted by Crippen LogP contribution is 2.38. The van der Waals surface area contributed by atoms with Crippen LogP contribution in [0.25, 0.3) is 0 Å². The average molecular weight is 615 g/mol. The third kappa shape index (κ3) is 12.6. The number of terminal acetylenes is 2. The Morgan fingerprint density at radius 2 is 1.69 bits per heavy atom. The van der Waals surface area contributed by atoms with Gasteiger partial charge in [0, 0.05) is 25.2 Å². The predicted molar refractivity (Wildman–Crippen MR) is 174 cm³/mol. The molecule has 0 unspecified atom stereocenters. The van der Waals surface area contributed by atoms with Gasteiger partial charge in [-0.2, -0.15) is 0 Å². The summed E-state index contributed by atoms with van der Waals surface area (Å²) in [4.78, 5) is 24.8. The van der Waals surface area contributed by atoms with Gasteiger partial charge >= 0.3 is 11.9 Å². The Hall–Kier alpha value is -3.88. The Labute approximate surface area is 267 Å². The molecule has 1 aliphatic rings. The molecule has 0 radical (unpaired) electrons. The highest BCUT2D eigenvalue weighted by molar-refractivity contribution is 5.90. The summed E-state index contributed by atoms with van der Waals surface area (Å²) in [6.07, 6.45) is 19.1. The number of carbonyl (C=O) groups excluding carboxylic acids is 2. The highest BCUT2D eigenvalue weighted by Gasteiger charge is 2.40. The first-order valence-corrected chi connectivity index (χ1v) is 15.9. The quantitative estimate of drug-likeness (QED) is 0.0653. The van der Waals surface area contributed by atoms with Gasteiger partial charge in [0.2, 0.25) is 0 Å². The number of hydrogen-bond donors (Lipinski definition) is 3. The number of carbonyl (C=O) groups is 2. The summed E-state index contributed by atoms with van der Waals surface area (Å²) in [5.74, 6) is 4.14. The molecule has 1 saturated carbocycles. The van der Waals surface area contributed by atoms with Gasteiger partial charge in [-0.1, -0.05) is 48.6 Å². The maximum absolute atomic E-state index is 12.4. The van der Waals surface area contributed by atoms with E-state index in [9.17, 15) is 24.9 Å². The molecule has 7 heteroatoms. The van der Waals surface area contributed by atoms with Crippen LogP contribution >= 0.6 is 0 Å². The van der Waals surface area contributed by atoms with Crippen molar-refractivity contribution in [3.8, 4) is 30.4 Å². The molecule has 3 N–H and O–H groups in total. The summed E-state index contributed by atoms with van der Waals surface area (Å²) < 4.78 is 10.8. The molecule has 0 aromatic heterocycles. The van der Waals surface area contributed by atoms with E-state index in [0.29, 0.717) is 57.8 Å². The minimum atomic E-state index is -0.577. The number of allylic oxidation sites excluding steroid dienone is 2. The number of hydrogen-bond acceptors (Lipinski definition) is 7. The van der Waals surface area contributed by atoms with Crippen LogP contribution in [0.15, 0.2) is 66.7 Å². The molecule has 1 aliphatic carbocycles. The number of rotatable bonds is 18. The van der Waals surface area contributed by atoms with E-state index in [2.05, 4.69) is 24.0 Å². The normalized spacial score (nSPS) is 20.0. The lowest BCUT2D eigenvalue weighted by atomic mass is 9.85. The molecule has 7 nitrogen and oxygen atoms in total. The lowest BCUT2D eigenvalue weighted by Crippen LogP contribution is -2.23. The molecule has 2 aromatic carbocycles. The first-order valence-electron chi connectivity index (χ1n) is 15.9. The van der Waals surface area contributed by atoms with Crippen LogP contribution in [-0.2, 0) is 16.0 Å². The summed E-state index contributed by atoms with van der Waals surface area (Å²) in [6, 6.07) is 16.3. The zero-order chi connectivity index (χ0) is 32.4. The third-order valence-corrected chi connectivity index (χ3v) is 8.35. The Kier molecular flexibility index (Phi) is 15.4. The summed E-state index contributed by atoms with van der Waals surface area (Å²) in [7, 11) is 0. The molecular weight excluding hydrogens is 568 g/mol. The zero-order valence-electron chi connectivity index (χ0n) is 25.9. The smallest absolute Gasteiger partial charge is 0.338 e. The second kappa shape index (κ2) is 19.5. The van der Waals surface area contributed by atoms with Crippen LogP contribution < -0.4 is 4.74 Å². The average Bonchev–Trinajstić information content (AvgIpc) is 3.31. The number of esters is 2. The Balaban J connectivity index is 1.36. The second-order valence-corrected chi connectivity index (χ2v) is 11.8. The zero-order valence-corrected chi connectivity index (χ0v) is 25.9. The SMILES string of the molecule is C#CCC(CC#C)COC(=O)c1cccc(OC(=O)CCC/C=C\C[C@@H]2[C@@H](CC[C@@H](O)CCc3ccccc3)[C@H](O)C[C@@H]2O)c1. The van der Waals surface area contributed by atoms with E-state index in [1.165, 1.54) is 11.6 Å². The topological polar surface area (TPSA) is 113 Å². The van der Waals surface area contributed by atoms with Crippen molar-refractivity contribution in [3.05, 3.63) is 77.9 Å². The van der Waals surface area contributed by atoms with Crippen molar-refractivity contribution in [1.82, 2.24) is 0 Å². The van der Waals surface area contributed by atoms with Crippen molar-refractivity contribution in [2.45, 2.75) is 88.9 Å². The van der Waals surface area contributed by atoms with E-state index in [1.54, 1.807) is 18.2 Å². The molecule has 240 valence electrons. The Morgan fingerprint density at radius 1 is 0.956 bits per heavy atom. The van der Waals surface area contributed by atoms with Crippen molar-refractivity contribution >= 4 is 11.9 Å². The molecular formula is C38H46O7. The number of aliphatic hydroxyl groups excluding tert-OH is 3. The largest absolute Gasteiger partial charge is 0.462 e. The Bertz CT molecular complexity index is 1290. The van der Waals surface area contributed by atoms with E-state index in [0.717, 1.165) is 6.42 Å². The number of ether oxygens (including phenoxy) is 2. The molecule has 0 bridgehead atoms. The predicted octanol–water partition coefficient (Wildman–Crippen LogP) is 5.66. The first kappa shape index (κ1) is 35.6. The first-order chi connectivity index (χ1) is 21.8. The summed E-state index contributed by atoms with van der Waals surface area (Å²) in [5, 5.41) is 31.6. The lowest BCUT2D eigenvalue weighted by molar-refractivity contribution is -0.134. The van der Waals surface area contributed by atoms with E-state index in [-0.39, 0.29) is 42.1 Å². The van der Waals surface area contributed by atoms with Gasteiger partial charge < -0.3 is 24.8 Å². The fourth-order valence-corrected chi connectivity index (χ4v) is 5.82. The summed E-state index contributed by atoms with van der Waals surface area (Å²) in [5.41, 5.74) is 1.46. The molecule has 0 heterocycles. The molecule has 0 spiro atoms. The molecule has 1 fully saturated rings. The Morgan fingerprint density at radius 3 is 2.42 bits per heavy atom. The molecule has 3 rings (SSSR count). The maximum Gasteiger partial charge on any atom is 0.338 e. The summed E-state index contributed by atoms with van der Waals surface area (Å²) in [6.45, 7) is 0.115. The van der Waals surface area contributed by atoms with Crippen molar-refractivity contribution in [2.75, 3.05) is 6.61 Å². The van der Waals surface area contributed by atoms with E-state index in [4.69, 9.17) is 22.3 Å². The van der Waals surface area contributed by atoms with E-state index < -0.39 is 30.3 Å². The molecule has 2 aromatic rings. The van der Waals surface area contributed by atoms with Crippen LogP contribution in [0.1, 0.15) is 80.1 Å². The van der Waals surface area contributed by atoms with Gasteiger partial charge in [-0.25, -0.2) is 4.79 Å². The van der Waals surface area contributed by atoms with Gasteiger partial charge in [0.15, 0.2) is 0 Å². The van der Waals surface area contributed by atoms with Gasteiger partial charge in [-0.15, -0.1) is 24.7 Å². The molecule has 0 saturated heterocycles. The number of benzene rings is 2. The fourth-order valence-electron chi connectivity index (χ4n) is 5.82. The van der Waals surface area contributed by atoms with Gasteiger partial charge in [0.05, 0.1) is 30.5 Å². The third-order valence-electron chi connectivity index (χ3n) is 8.35. The van der Waals surface area contributed by atoms with Crippen molar-refractivity contribution in [3.63, 3.8) is 0 Å². The molecule has 5 atom stereocenters. The van der Waals surface area contributed by atoms with Gasteiger partial charge in [-0.3, -0.25) is 4.79 Å². The van der Waals surface area contributed by atoms with Gasteiger partial charge in [0.1, 0.15) is 5.75 Å². The monoisotopic (exact) mass is 614 g/mol. The molecule has 0 aliphatic heterocycles. The minimum absolute atomic E-state index is 0.0635. The minimum Gasteiger partial charge on any atom is -0.462 e. The van der Waals surface area contributed by atoms with Crippen molar-refractivity contribution in [1.29, 1.82) is 0 Å². The van der Waals surface area contributed by atoms with Gasteiger partial charge in [0.25, 0.3) is 0 Å².